The van der Waals surface area contributed by atoms with Crippen LogP contribution in [0.1, 0.15) is 72.2 Å². The number of aliphatic imine (C=N–C) groups is 1. The van der Waals surface area contributed by atoms with Gasteiger partial charge >= 0.3 is 6.03 Å². The molecule has 0 spiro atoms. The zero-order chi connectivity index (χ0) is 42.8. The Bertz CT molecular complexity index is 2450. The highest BCUT2D eigenvalue weighted by Crippen LogP contribution is 2.33. The van der Waals surface area contributed by atoms with E-state index in [1.54, 1.807) is 4.90 Å². The lowest BCUT2D eigenvalue weighted by atomic mass is 10.2. The standard InChI is InChI=1S/C21H20Cl2FN5O.C14H17ClN4.C7H3ClFNO/c1-13-26-27-20(29(13)12-14-4-6-15(22)7-5-14)19-3-2-10-28(19)21(30)25-18-9-8-16(23)11-17(18)24;1-10-17-18-14(13-3-2-8-16-13)19(10)9-11-4-6-12(15)7-5-11;8-5-1-2-7(10-4-11)6(9)3-5/h4-9,11,19H,2-3,10,12H2,1H3,(H,25,30);4-7,13,16H,2-3,8-9H2,1H3;1-3H/t19-;13-;/m11./s1. The first kappa shape index (κ1) is 44.3. The molecule has 0 radical (unpaired) electrons. The quantitative estimate of drug-likeness (QED) is 0.115. The lowest BCUT2D eigenvalue weighted by Gasteiger charge is -2.25. The molecule has 4 heterocycles. The number of urea groups is 1. The van der Waals surface area contributed by atoms with E-state index in [1.165, 1.54) is 48.4 Å². The molecule has 0 saturated carbocycles. The van der Waals surface area contributed by atoms with Gasteiger partial charge in [-0.15, -0.1) is 20.4 Å². The van der Waals surface area contributed by atoms with Gasteiger partial charge < -0.3 is 24.7 Å². The maximum atomic E-state index is 14.1. The smallest absolute Gasteiger partial charge is 0.314 e. The molecule has 12 nitrogen and oxygen atoms in total. The molecule has 312 valence electrons. The summed E-state index contributed by atoms with van der Waals surface area (Å²) in [5, 5.41) is 25.2. The normalized spacial score (nSPS) is 15.7. The SMILES string of the molecule is Cc1nnc([C@H]2CCCN2)n1Cc1ccc(Cl)cc1.Cc1nnc([C@H]2CCCN2C(=O)Nc2ccc(Cl)cc2F)n1Cc1ccc(Cl)cc1.O=C=Nc1ccc(Cl)cc1F. The van der Waals surface area contributed by atoms with Crippen molar-refractivity contribution in [2.75, 3.05) is 18.4 Å². The molecule has 18 heteroatoms. The van der Waals surface area contributed by atoms with Crippen molar-refractivity contribution in [3.8, 4) is 0 Å². The monoisotopic (exact) mass is 894 g/mol. The van der Waals surface area contributed by atoms with Crippen LogP contribution in [-0.2, 0) is 17.9 Å². The molecule has 0 bridgehead atoms. The second-order valence-electron chi connectivity index (χ2n) is 14.0. The highest BCUT2D eigenvalue weighted by Gasteiger charge is 2.34. The van der Waals surface area contributed by atoms with Crippen LogP contribution < -0.4 is 10.6 Å². The van der Waals surface area contributed by atoms with Crippen molar-refractivity contribution in [1.82, 2.24) is 39.7 Å². The van der Waals surface area contributed by atoms with Crippen LogP contribution in [0.5, 0.6) is 0 Å². The number of hydrogen-bond donors (Lipinski definition) is 2. The van der Waals surface area contributed by atoms with Gasteiger partial charge in [-0.3, -0.25) is 0 Å². The molecule has 8 rings (SSSR count). The molecule has 0 aliphatic carbocycles. The molecule has 4 aromatic carbocycles. The summed E-state index contributed by atoms with van der Waals surface area (Å²) in [5.41, 5.74) is 2.31. The van der Waals surface area contributed by atoms with Gasteiger partial charge in [0, 0.05) is 26.6 Å². The number of carbonyl (C=O) groups is 1. The molecule has 2 N–H and O–H groups in total. The van der Waals surface area contributed by atoms with E-state index >= 15 is 0 Å². The summed E-state index contributed by atoms with van der Waals surface area (Å²) in [6, 6.07) is 23.2. The predicted molar refractivity (Wildman–Crippen MR) is 229 cm³/mol. The van der Waals surface area contributed by atoms with Crippen LogP contribution in [0.25, 0.3) is 0 Å². The minimum atomic E-state index is -0.624. The first-order valence-corrected chi connectivity index (χ1v) is 20.5. The second kappa shape index (κ2) is 20.9. The number of carbonyl (C=O) groups excluding carboxylic acids is 2. The van der Waals surface area contributed by atoms with E-state index in [0.717, 1.165) is 66.5 Å². The summed E-state index contributed by atoms with van der Waals surface area (Å²) in [4.78, 5) is 27.4. The number of nitrogens with zero attached hydrogens (tertiary/aromatic N) is 8. The fourth-order valence-corrected chi connectivity index (χ4v) is 7.39. The summed E-state index contributed by atoms with van der Waals surface area (Å²) in [6.45, 7) is 6.87. The first-order chi connectivity index (χ1) is 28.9. The molecular formula is C42H40Cl4F2N10O2. The van der Waals surface area contributed by atoms with Gasteiger partial charge in [0.2, 0.25) is 6.08 Å². The number of amides is 2. The Balaban J connectivity index is 0.000000171. The fourth-order valence-electron chi connectivity index (χ4n) is 6.82. The number of aromatic nitrogens is 6. The van der Waals surface area contributed by atoms with E-state index in [2.05, 4.69) is 40.6 Å². The maximum Gasteiger partial charge on any atom is 0.322 e. The van der Waals surface area contributed by atoms with Gasteiger partial charge in [0.15, 0.2) is 17.5 Å². The number of anilines is 1. The minimum absolute atomic E-state index is 0.0515. The van der Waals surface area contributed by atoms with Crippen LogP contribution in [0.4, 0.5) is 25.0 Å². The summed E-state index contributed by atoms with van der Waals surface area (Å²) < 4.78 is 31.0. The Labute approximate surface area is 365 Å². The number of aryl methyl sites for hydroxylation is 2. The molecular weight excluding hydrogens is 856 g/mol. The van der Waals surface area contributed by atoms with Crippen molar-refractivity contribution < 1.29 is 18.4 Å². The first-order valence-electron chi connectivity index (χ1n) is 19.0. The Kier molecular flexibility index (Phi) is 15.4. The molecule has 2 amide bonds. The Morgan fingerprint density at radius 2 is 1.30 bits per heavy atom. The van der Waals surface area contributed by atoms with Gasteiger partial charge in [-0.05, 0) is 118 Å². The number of nitrogens with one attached hydrogen (secondary N) is 2. The molecule has 60 heavy (non-hydrogen) atoms. The van der Waals surface area contributed by atoms with Crippen molar-refractivity contribution in [2.24, 2.45) is 4.99 Å². The van der Waals surface area contributed by atoms with Crippen molar-refractivity contribution in [1.29, 1.82) is 0 Å². The van der Waals surface area contributed by atoms with Crippen LogP contribution >= 0.6 is 46.4 Å². The van der Waals surface area contributed by atoms with Gasteiger partial charge in [-0.25, -0.2) is 18.4 Å². The van der Waals surface area contributed by atoms with Crippen LogP contribution in [-0.4, -0.2) is 59.6 Å². The summed E-state index contributed by atoms with van der Waals surface area (Å²) in [5.74, 6) is 2.28. The molecule has 2 aliphatic rings. The molecule has 2 aromatic heterocycles. The third kappa shape index (κ3) is 11.5. The fraction of sp³-hybridized carbons (Fsp3) is 0.286. The Morgan fingerprint density at radius 3 is 1.85 bits per heavy atom. The predicted octanol–water partition coefficient (Wildman–Crippen LogP) is 10.6. The average Bonchev–Trinajstić information content (AvgIpc) is 4.06. The molecule has 2 fully saturated rings. The third-order valence-corrected chi connectivity index (χ3v) is 10.8. The van der Waals surface area contributed by atoms with Crippen LogP contribution in [0.2, 0.25) is 20.1 Å². The number of hydrogen-bond acceptors (Lipinski definition) is 8. The van der Waals surface area contributed by atoms with Crippen LogP contribution in [0.15, 0.2) is 89.9 Å². The van der Waals surface area contributed by atoms with Crippen LogP contribution in [0.3, 0.4) is 0 Å². The van der Waals surface area contributed by atoms with Gasteiger partial charge in [0.05, 0.1) is 30.9 Å². The van der Waals surface area contributed by atoms with Crippen molar-refractivity contribution in [3.05, 3.63) is 151 Å². The molecule has 2 aliphatic heterocycles. The van der Waals surface area contributed by atoms with E-state index in [0.29, 0.717) is 30.0 Å². The minimum Gasteiger partial charge on any atom is -0.314 e. The number of benzene rings is 4. The zero-order valence-corrected chi connectivity index (χ0v) is 35.6. The van der Waals surface area contributed by atoms with E-state index in [1.807, 2.05) is 66.9 Å². The van der Waals surface area contributed by atoms with Crippen LogP contribution in [0, 0.1) is 25.5 Å². The Hall–Kier alpha value is -5.21. The second-order valence-corrected chi connectivity index (χ2v) is 15.7. The van der Waals surface area contributed by atoms with Gasteiger partial charge in [0.1, 0.15) is 23.2 Å². The molecule has 0 unspecified atom stereocenters. The van der Waals surface area contributed by atoms with Crippen molar-refractivity contribution in [2.45, 2.75) is 64.7 Å². The number of rotatable bonds is 8. The molecule has 2 saturated heterocycles. The highest BCUT2D eigenvalue weighted by molar-refractivity contribution is 6.31. The number of likely N-dealkylation sites (tertiary alicyclic amines) is 1. The lowest BCUT2D eigenvalue weighted by Crippen LogP contribution is -2.36. The maximum absolute atomic E-state index is 14.1. The van der Waals surface area contributed by atoms with E-state index in [4.69, 9.17) is 46.4 Å². The van der Waals surface area contributed by atoms with Crippen molar-refractivity contribution in [3.63, 3.8) is 0 Å². The highest BCUT2D eigenvalue weighted by atomic mass is 35.5. The van der Waals surface area contributed by atoms with E-state index in [-0.39, 0.29) is 33.5 Å². The third-order valence-electron chi connectivity index (χ3n) is 9.87. The number of isocyanates is 1. The largest absolute Gasteiger partial charge is 0.322 e. The van der Waals surface area contributed by atoms with E-state index < -0.39 is 11.6 Å². The lowest BCUT2D eigenvalue weighted by molar-refractivity contribution is 0.203. The zero-order valence-electron chi connectivity index (χ0n) is 32.6. The van der Waals surface area contributed by atoms with E-state index in [9.17, 15) is 18.4 Å². The van der Waals surface area contributed by atoms with Gasteiger partial charge in [-0.2, -0.15) is 4.99 Å². The summed E-state index contributed by atoms with van der Waals surface area (Å²) in [6.07, 6.45) is 5.17. The topological polar surface area (TPSA) is 135 Å². The summed E-state index contributed by atoms with van der Waals surface area (Å²) in [7, 11) is 0. The van der Waals surface area contributed by atoms with Gasteiger partial charge in [0.25, 0.3) is 0 Å². The van der Waals surface area contributed by atoms with Gasteiger partial charge in [-0.1, -0.05) is 70.7 Å². The number of halogens is 6. The summed E-state index contributed by atoms with van der Waals surface area (Å²) >= 11 is 23.1. The Morgan fingerprint density at radius 1 is 0.750 bits per heavy atom. The molecule has 2 atom stereocenters. The average molecular weight is 897 g/mol. The van der Waals surface area contributed by atoms with Crippen molar-refractivity contribution >= 4 is 69.9 Å². The molecule has 6 aromatic rings.